The third-order valence-corrected chi connectivity index (χ3v) is 4.98. The number of anilines is 1. The van der Waals surface area contributed by atoms with Crippen molar-refractivity contribution in [2.24, 2.45) is 5.92 Å². The standard InChI is InChI=1S/C16H24N2O2S/c1-11-8-9-18(10-15(11)19)12(2)16(20)17-13-4-6-14(21-3)7-5-13/h4-7,11-12,15,19H,8-10H2,1-3H3,(H,17,20). The number of nitrogens with zero attached hydrogens (tertiary/aromatic N) is 1. The van der Waals surface area contributed by atoms with Gasteiger partial charge in [0, 0.05) is 17.1 Å². The van der Waals surface area contributed by atoms with Crippen molar-refractivity contribution >= 4 is 23.4 Å². The fourth-order valence-corrected chi connectivity index (χ4v) is 2.92. The number of aliphatic hydroxyl groups excluding tert-OH is 1. The fourth-order valence-electron chi connectivity index (χ4n) is 2.51. The maximum Gasteiger partial charge on any atom is 0.241 e. The molecule has 1 heterocycles. The van der Waals surface area contributed by atoms with Gasteiger partial charge in [0.25, 0.3) is 0 Å². The zero-order valence-corrected chi connectivity index (χ0v) is 13.7. The number of benzene rings is 1. The number of likely N-dealkylation sites (tertiary alicyclic amines) is 1. The Morgan fingerprint density at radius 2 is 2.10 bits per heavy atom. The summed E-state index contributed by atoms with van der Waals surface area (Å²) in [5, 5.41) is 12.9. The zero-order valence-electron chi connectivity index (χ0n) is 12.9. The minimum atomic E-state index is -0.338. The van der Waals surface area contributed by atoms with Crippen molar-refractivity contribution in [3.8, 4) is 0 Å². The highest BCUT2D eigenvalue weighted by Gasteiger charge is 2.30. The topological polar surface area (TPSA) is 52.6 Å². The maximum absolute atomic E-state index is 12.3. The van der Waals surface area contributed by atoms with Crippen molar-refractivity contribution < 1.29 is 9.90 Å². The van der Waals surface area contributed by atoms with E-state index in [4.69, 9.17) is 0 Å². The Morgan fingerprint density at radius 1 is 1.43 bits per heavy atom. The van der Waals surface area contributed by atoms with Crippen LogP contribution >= 0.6 is 11.8 Å². The molecule has 1 aromatic carbocycles. The smallest absolute Gasteiger partial charge is 0.241 e. The molecule has 5 heteroatoms. The van der Waals surface area contributed by atoms with Crippen molar-refractivity contribution in [2.45, 2.75) is 37.3 Å². The van der Waals surface area contributed by atoms with Gasteiger partial charge in [-0.2, -0.15) is 0 Å². The van der Waals surface area contributed by atoms with Gasteiger partial charge >= 0.3 is 0 Å². The summed E-state index contributed by atoms with van der Waals surface area (Å²) in [5.41, 5.74) is 0.815. The van der Waals surface area contributed by atoms with Gasteiger partial charge in [0.2, 0.25) is 5.91 Å². The van der Waals surface area contributed by atoms with E-state index in [9.17, 15) is 9.90 Å². The first-order valence-electron chi connectivity index (χ1n) is 7.38. The lowest BCUT2D eigenvalue weighted by Crippen LogP contribution is -2.50. The predicted octanol–water partition coefficient (Wildman–Crippen LogP) is 2.44. The van der Waals surface area contributed by atoms with Crippen LogP contribution in [-0.4, -0.2) is 47.4 Å². The summed E-state index contributed by atoms with van der Waals surface area (Å²) in [6, 6.07) is 7.61. The number of nitrogens with one attached hydrogen (secondary N) is 1. The summed E-state index contributed by atoms with van der Waals surface area (Å²) < 4.78 is 0. The number of thioether (sulfide) groups is 1. The molecule has 116 valence electrons. The molecule has 3 unspecified atom stereocenters. The molecule has 1 aliphatic rings. The monoisotopic (exact) mass is 308 g/mol. The molecule has 21 heavy (non-hydrogen) atoms. The molecule has 0 bridgehead atoms. The molecule has 4 nitrogen and oxygen atoms in total. The average Bonchev–Trinajstić information content (AvgIpc) is 2.50. The normalized spacial score (nSPS) is 24.6. The molecule has 1 amide bonds. The van der Waals surface area contributed by atoms with Crippen LogP contribution in [0.2, 0.25) is 0 Å². The molecule has 1 saturated heterocycles. The van der Waals surface area contributed by atoms with E-state index < -0.39 is 0 Å². The van der Waals surface area contributed by atoms with Crippen molar-refractivity contribution in [3.05, 3.63) is 24.3 Å². The number of amides is 1. The summed E-state index contributed by atoms with van der Waals surface area (Å²) in [6.07, 6.45) is 2.62. The number of hydrogen-bond donors (Lipinski definition) is 2. The van der Waals surface area contributed by atoms with Gasteiger partial charge in [-0.3, -0.25) is 9.69 Å². The Balaban J connectivity index is 1.92. The fraction of sp³-hybridized carbons (Fsp3) is 0.562. The van der Waals surface area contributed by atoms with Gasteiger partial charge < -0.3 is 10.4 Å². The SMILES string of the molecule is CSc1ccc(NC(=O)C(C)N2CCC(C)C(O)C2)cc1. The van der Waals surface area contributed by atoms with Gasteiger partial charge in [-0.15, -0.1) is 11.8 Å². The van der Waals surface area contributed by atoms with Gasteiger partial charge in [-0.05, 0) is 56.3 Å². The molecule has 1 aromatic rings. The quantitative estimate of drug-likeness (QED) is 0.839. The minimum Gasteiger partial charge on any atom is -0.392 e. The van der Waals surface area contributed by atoms with E-state index in [1.165, 1.54) is 4.90 Å². The van der Waals surface area contributed by atoms with Crippen LogP contribution in [0, 0.1) is 5.92 Å². The van der Waals surface area contributed by atoms with E-state index in [1.54, 1.807) is 11.8 Å². The summed E-state index contributed by atoms with van der Waals surface area (Å²) >= 11 is 1.68. The van der Waals surface area contributed by atoms with Gasteiger partial charge in [0.05, 0.1) is 12.1 Å². The third kappa shape index (κ3) is 4.22. The van der Waals surface area contributed by atoms with Crippen LogP contribution in [0.4, 0.5) is 5.69 Å². The maximum atomic E-state index is 12.3. The summed E-state index contributed by atoms with van der Waals surface area (Å²) in [7, 11) is 0. The number of carbonyl (C=O) groups excluding carboxylic acids is 1. The molecular formula is C16H24N2O2S. The third-order valence-electron chi connectivity index (χ3n) is 4.23. The highest BCUT2D eigenvalue weighted by atomic mass is 32.2. The minimum absolute atomic E-state index is 0.0198. The van der Waals surface area contributed by atoms with E-state index in [0.29, 0.717) is 12.5 Å². The first-order chi connectivity index (χ1) is 10.0. The predicted molar refractivity (Wildman–Crippen MR) is 87.7 cm³/mol. The molecule has 0 aliphatic carbocycles. The summed E-state index contributed by atoms with van der Waals surface area (Å²) in [4.78, 5) is 15.5. The van der Waals surface area contributed by atoms with Crippen molar-refractivity contribution in [2.75, 3.05) is 24.7 Å². The number of β-amino-alcohol motifs (C(OH)–C–C–N with tert-alkyl or cyclic N) is 1. The van der Waals surface area contributed by atoms with Crippen LogP contribution in [0.25, 0.3) is 0 Å². The van der Waals surface area contributed by atoms with Crippen LogP contribution in [0.3, 0.4) is 0 Å². The first-order valence-corrected chi connectivity index (χ1v) is 8.60. The first kappa shape index (κ1) is 16.3. The van der Waals surface area contributed by atoms with E-state index in [1.807, 2.05) is 37.4 Å². The number of carbonyl (C=O) groups is 1. The van der Waals surface area contributed by atoms with Gasteiger partial charge in [-0.1, -0.05) is 6.92 Å². The van der Waals surface area contributed by atoms with Crippen LogP contribution in [0.15, 0.2) is 29.2 Å². The Kier molecular flexibility index (Phi) is 5.67. The Hall–Kier alpha value is -1.04. The lowest BCUT2D eigenvalue weighted by molar-refractivity contribution is -0.122. The van der Waals surface area contributed by atoms with Crippen LogP contribution in [0.5, 0.6) is 0 Å². The van der Waals surface area contributed by atoms with Crippen molar-refractivity contribution in [3.63, 3.8) is 0 Å². The highest BCUT2D eigenvalue weighted by molar-refractivity contribution is 7.98. The summed E-state index contributed by atoms with van der Waals surface area (Å²) in [6.45, 7) is 5.38. The second-order valence-corrected chi connectivity index (χ2v) is 6.60. The Bertz CT molecular complexity index is 478. The van der Waals surface area contributed by atoms with E-state index >= 15 is 0 Å². The average molecular weight is 308 g/mol. The molecule has 1 aliphatic heterocycles. The zero-order chi connectivity index (χ0) is 15.4. The highest BCUT2D eigenvalue weighted by Crippen LogP contribution is 2.20. The van der Waals surface area contributed by atoms with Crippen molar-refractivity contribution in [1.29, 1.82) is 0 Å². The van der Waals surface area contributed by atoms with E-state index in [2.05, 4.69) is 17.1 Å². The number of hydrogen-bond acceptors (Lipinski definition) is 4. The molecule has 0 saturated carbocycles. The molecule has 0 aromatic heterocycles. The van der Waals surface area contributed by atoms with Gasteiger partial charge in [0.1, 0.15) is 0 Å². The molecule has 3 atom stereocenters. The lowest BCUT2D eigenvalue weighted by atomic mass is 9.95. The van der Waals surface area contributed by atoms with Crippen LogP contribution in [-0.2, 0) is 4.79 Å². The van der Waals surface area contributed by atoms with Gasteiger partial charge in [0.15, 0.2) is 0 Å². The van der Waals surface area contributed by atoms with E-state index in [0.717, 1.165) is 18.7 Å². The molecule has 2 rings (SSSR count). The Morgan fingerprint density at radius 3 is 2.67 bits per heavy atom. The Labute approximate surface area is 130 Å². The number of rotatable bonds is 4. The second kappa shape index (κ2) is 7.29. The number of piperidine rings is 1. The van der Waals surface area contributed by atoms with Crippen molar-refractivity contribution in [1.82, 2.24) is 4.90 Å². The lowest BCUT2D eigenvalue weighted by Gasteiger charge is -2.37. The molecule has 2 N–H and O–H groups in total. The van der Waals surface area contributed by atoms with Crippen LogP contribution in [0.1, 0.15) is 20.3 Å². The molecule has 0 spiro atoms. The second-order valence-electron chi connectivity index (χ2n) is 5.72. The molecule has 1 fully saturated rings. The van der Waals surface area contributed by atoms with Crippen LogP contribution < -0.4 is 5.32 Å². The largest absolute Gasteiger partial charge is 0.392 e. The molecular weight excluding hydrogens is 284 g/mol. The van der Waals surface area contributed by atoms with Gasteiger partial charge in [-0.25, -0.2) is 0 Å². The van der Waals surface area contributed by atoms with E-state index in [-0.39, 0.29) is 18.1 Å². The number of aliphatic hydroxyl groups is 1. The molecule has 0 radical (unpaired) electrons. The summed E-state index contributed by atoms with van der Waals surface area (Å²) in [5.74, 6) is 0.296.